The van der Waals surface area contributed by atoms with Crippen molar-refractivity contribution in [2.45, 2.75) is 25.4 Å². The van der Waals surface area contributed by atoms with E-state index in [4.69, 9.17) is 22.7 Å². The summed E-state index contributed by atoms with van der Waals surface area (Å²) < 4.78 is 0. The van der Waals surface area contributed by atoms with Gasteiger partial charge >= 0.3 is 0 Å². The SMILES string of the molecule is CC1(O)CCN(c2ccc(C(=N)N)c(Cl)c2)CC1. The van der Waals surface area contributed by atoms with E-state index < -0.39 is 5.60 Å². The predicted molar refractivity (Wildman–Crippen MR) is 74.5 cm³/mol. The van der Waals surface area contributed by atoms with Crippen LogP contribution in [-0.2, 0) is 0 Å². The van der Waals surface area contributed by atoms with Crippen molar-refractivity contribution in [3.05, 3.63) is 28.8 Å². The first-order valence-electron chi connectivity index (χ1n) is 6.00. The van der Waals surface area contributed by atoms with Crippen molar-refractivity contribution >= 4 is 23.1 Å². The number of hydrogen-bond acceptors (Lipinski definition) is 3. The molecule has 1 aliphatic heterocycles. The Labute approximate surface area is 112 Å². The van der Waals surface area contributed by atoms with Crippen molar-refractivity contribution in [3.63, 3.8) is 0 Å². The molecule has 1 heterocycles. The average Bonchev–Trinajstić information content (AvgIpc) is 2.28. The molecule has 0 aliphatic carbocycles. The molecule has 0 spiro atoms. The molecule has 5 heteroatoms. The molecule has 1 saturated heterocycles. The average molecular weight is 268 g/mol. The van der Waals surface area contributed by atoms with Crippen LogP contribution >= 0.6 is 11.6 Å². The Morgan fingerprint density at radius 3 is 2.56 bits per heavy atom. The van der Waals surface area contributed by atoms with Gasteiger partial charge < -0.3 is 15.7 Å². The molecule has 1 aromatic carbocycles. The second-order valence-corrected chi connectivity index (χ2v) is 5.47. The summed E-state index contributed by atoms with van der Waals surface area (Å²) in [5.41, 5.74) is 6.45. The number of halogens is 1. The monoisotopic (exact) mass is 267 g/mol. The number of amidine groups is 1. The molecule has 4 N–H and O–H groups in total. The number of nitrogens with zero attached hydrogens (tertiary/aromatic N) is 1. The Balaban J connectivity index is 2.16. The summed E-state index contributed by atoms with van der Waals surface area (Å²) in [5, 5.41) is 17.8. The van der Waals surface area contributed by atoms with Gasteiger partial charge in [0.15, 0.2) is 0 Å². The number of nitrogens with two attached hydrogens (primary N) is 1. The number of piperidine rings is 1. The van der Waals surface area contributed by atoms with E-state index in [1.165, 1.54) is 0 Å². The Morgan fingerprint density at radius 2 is 2.06 bits per heavy atom. The third-order valence-corrected chi connectivity index (χ3v) is 3.76. The number of aliphatic hydroxyl groups is 1. The lowest BCUT2D eigenvalue weighted by atomic mass is 9.93. The van der Waals surface area contributed by atoms with E-state index in [1.54, 1.807) is 6.07 Å². The molecule has 1 aromatic rings. The van der Waals surface area contributed by atoms with Crippen LogP contribution in [0.3, 0.4) is 0 Å². The normalized spacial score (nSPS) is 18.7. The lowest BCUT2D eigenvalue weighted by Crippen LogP contribution is -2.42. The fourth-order valence-electron chi connectivity index (χ4n) is 2.17. The Hall–Kier alpha value is -1.26. The number of anilines is 1. The van der Waals surface area contributed by atoms with E-state index >= 15 is 0 Å². The fourth-order valence-corrected chi connectivity index (χ4v) is 2.44. The zero-order valence-corrected chi connectivity index (χ0v) is 11.2. The molecular weight excluding hydrogens is 250 g/mol. The van der Waals surface area contributed by atoms with Gasteiger partial charge in [-0.15, -0.1) is 0 Å². The van der Waals surface area contributed by atoms with Crippen LogP contribution in [0.25, 0.3) is 0 Å². The molecule has 4 nitrogen and oxygen atoms in total. The third-order valence-electron chi connectivity index (χ3n) is 3.45. The van der Waals surface area contributed by atoms with E-state index in [-0.39, 0.29) is 5.84 Å². The number of benzene rings is 1. The van der Waals surface area contributed by atoms with Crippen molar-refractivity contribution < 1.29 is 5.11 Å². The summed E-state index contributed by atoms with van der Waals surface area (Å²) in [4.78, 5) is 2.19. The summed E-state index contributed by atoms with van der Waals surface area (Å²) in [6.45, 7) is 3.49. The zero-order chi connectivity index (χ0) is 13.3. The van der Waals surface area contributed by atoms with Gasteiger partial charge in [-0.05, 0) is 38.0 Å². The molecule has 0 unspecified atom stereocenters. The van der Waals surface area contributed by atoms with Gasteiger partial charge in [-0.25, -0.2) is 0 Å². The molecular formula is C13H18ClN3O. The van der Waals surface area contributed by atoms with Crippen molar-refractivity contribution in [1.29, 1.82) is 5.41 Å². The maximum atomic E-state index is 9.91. The summed E-state index contributed by atoms with van der Waals surface area (Å²) >= 11 is 6.10. The molecule has 98 valence electrons. The van der Waals surface area contributed by atoms with Crippen LogP contribution in [-0.4, -0.2) is 29.6 Å². The van der Waals surface area contributed by atoms with Crippen molar-refractivity contribution in [3.8, 4) is 0 Å². The largest absolute Gasteiger partial charge is 0.390 e. The number of rotatable bonds is 2. The van der Waals surface area contributed by atoms with Crippen LogP contribution in [0.2, 0.25) is 5.02 Å². The van der Waals surface area contributed by atoms with Crippen LogP contribution < -0.4 is 10.6 Å². The first-order chi connectivity index (χ1) is 8.39. The predicted octanol–water partition coefficient (Wildman–Crippen LogP) is 1.98. The smallest absolute Gasteiger partial charge is 0.124 e. The molecule has 0 bridgehead atoms. The second-order valence-electron chi connectivity index (χ2n) is 5.06. The summed E-state index contributed by atoms with van der Waals surface area (Å²) in [6.07, 6.45) is 1.50. The maximum absolute atomic E-state index is 9.91. The Kier molecular flexibility index (Phi) is 3.50. The fraction of sp³-hybridized carbons (Fsp3) is 0.462. The van der Waals surface area contributed by atoms with Gasteiger partial charge in [0.1, 0.15) is 5.84 Å². The van der Waals surface area contributed by atoms with Crippen molar-refractivity contribution in [2.75, 3.05) is 18.0 Å². The van der Waals surface area contributed by atoms with Gasteiger partial charge in [-0.2, -0.15) is 0 Å². The van der Waals surface area contributed by atoms with Gasteiger partial charge in [0.05, 0.1) is 10.6 Å². The van der Waals surface area contributed by atoms with E-state index in [0.717, 1.165) is 31.6 Å². The third kappa shape index (κ3) is 2.76. The first kappa shape index (κ1) is 13.2. The van der Waals surface area contributed by atoms with E-state index in [1.807, 2.05) is 19.1 Å². The standard InChI is InChI=1S/C13H18ClN3O/c1-13(18)4-6-17(7-5-13)9-2-3-10(12(15)16)11(14)8-9/h2-3,8,18H,4-7H2,1H3,(H3,15,16). The number of nitrogen functional groups attached to an aromatic ring is 1. The molecule has 0 amide bonds. The number of hydrogen-bond donors (Lipinski definition) is 3. The molecule has 0 radical (unpaired) electrons. The summed E-state index contributed by atoms with van der Waals surface area (Å²) in [6, 6.07) is 5.52. The van der Waals surface area contributed by atoms with Gasteiger partial charge in [-0.3, -0.25) is 5.41 Å². The maximum Gasteiger partial charge on any atom is 0.124 e. The highest BCUT2D eigenvalue weighted by Crippen LogP contribution is 2.28. The van der Waals surface area contributed by atoms with Crippen LogP contribution in [0.5, 0.6) is 0 Å². The van der Waals surface area contributed by atoms with Crippen molar-refractivity contribution in [1.82, 2.24) is 0 Å². The van der Waals surface area contributed by atoms with Crippen LogP contribution in [0.1, 0.15) is 25.3 Å². The highest BCUT2D eigenvalue weighted by Gasteiger charge is 2.27. The Bertz CT molecular complexity index is 463. The summed E-state index contributed by atoms with van der Waals surface area (Å²) in [5.74, 6) is -0.0203. The molecule has 0 aromatic heterocycles. The van der Waals surface area contributed by atoms with Gasteiger partial charge in [0.2, 0.25) is 0 Å². The molecule has 18 heavy (non-hydrogen) atoms. The minimum Gasteiger partial charge on any atom is -0.390 e. The minimum atomic E-state index is -0.556. The zero-order valence-electron chi connectivity index (χ0n) is 10.4. The van der Waals surface area contributed by atoms with E-state index in [9.17, 15) is 5.11 Å². The minimum absolute atomic E-state index is 0.0203. The number of nitrogens with one attached hydrogen (secondary N) is 1. The lowest BCUT2D eigenvalue weighted by Gasteiger charge is -2.37. The quantitative estimate of drug-likeness (QED) is 0.567. The topological polar surface area (TPSA) is 73.3 Å². The van der Waals surface area contributed by atoms with Gasteiger partial charge in [0, 0.05) is 24.3 Å². The van der Waals surface area contributed by atoms with E-state index in [2.05, 4.69) is 4.90 Å². The molecule has 1 fully saturated rings. The molecule has 1 aliphatic rings. The molecule has 2 rings (SSSR count). The van der Waals surface area contributed by atoms with Gasteiger partial charge in [0.25, 0.3) is 0 Å². The first-order valence-corrected chi connectivity index (χ1v) is 6.38. The lowest BCUT2D eigenvalue weighted by molar-refractivity contribution is 0.0351. The Morgan fingerprint density at radius 1 is 1.44 bits per heavy atom. The highest BCUT2D eigenvalue weighted by molar-refractivity contribution is 6.34. The van der Waals surface area contributed by atoms with E-state index in [0.29, 0.717) is 10.6 Å². The van der Waals surface area contributed by atoms with Gasteiger partial charge in [-0.1, -0.05) is 11.6 Å². The second kappa shape index (κ2) is 4.78. The van der Waals surface area contributed by atoms with Crippen LogP contribution in [0, 0.1) is 5.41 Å². The summed E-state index contributed by atoms with van der Waals surface area (Å²) in [7, 11) is 0. The van der Waals surface area contributed by atoms with Crippen LogP contribution in [0.15, 0.2) is 18.2 Å². The molecule has 0 saturated carbocycles. The highest BCUT2D eigenvalue weighted by atomic mass is 35.5. The molecule has 0 atom stereocenters. The van der Waals surface area contributed by atoms with Crippen LogP contribution in [0.4, 0.5) is 5.69 Å². The van der Waals surface area contributed by atoms with Crippen molar-refractivity contribution in [2.24, 2.45) is 5.73 Å².